The van der Waals surface area contributed by atoms with Gasteiger partial charge in [-0.25, -0.2) is 5.43 Å². The summed E-state index contributed by atoms with van der Waals surface area (Å²) in [5, 5.41) is 8.67. The number of fused-ring (bicyclic) bond motifs is 1. The number of amides is 2. The number of carbonyl (C=O) groups is 2. The predicted molar refractivity (Wildman–Crippen MR) is 143 cm³/mol. The van der Waals surface area contributed by atoms with Gasteiger partial charge in [0.2, 0.25) is 0 Å². The number of hydrogen-bond donors (Lipinski definition) is 2. The fraction of sp³-hybridized carbons (Fsp3) is 0.138. The van der Waals surface area contributed by atoms with Crippen molar-refractivity contribution >= 4 is 34.5 Å². The first-order chi connectivity index (χ1) is 18.1. The lowest BCUT2D eigenvalue weighted by atomic mass is 10.1. The first kappa shape index (κ1) is 25.2. The van der Waals surface area contributed by atoms with E-state index in [2.05, 4.69) is 34.0 Å². The Morgan fingerprint density at radius 3 is 2.43 bits per heavy atom. The van der Waals surface area contributed by atoms with Crippen molar-refractivity contribution in [3.05, 3.63) is 96.1 Å². The second-order valence-corrected chi connectivity index (χ2v) is 7.95. The van der Waals surface area contributed by atoms with Crippen LogP contribution in [0, 0.1) is 0 Å². The third-order valence-electron chi connectivity index (χ3n) is 5.46. The summed E-state index contributed by atoms with van der Waals surface area (Å²) in [6.07, 6.45) is 1.42. The Balaban J connectivity index is 1.33. The molecular formula is C29H27N3O5. The standard InChI is InChI=1S/C29H27N3O5/c1-3-36-24-14-12-23(13-15-24)31-28(33)29(34)32-30-18-20-11-16-26(27(17-20)35-2)37-19-22-9-6-8-21-7-4-5-10-25(21)22/h4-18H,3,19H2,1-2H3,(H,31,33)(H,32,34). The molecule has 0 atom stereocenters. The van der Waals surface area contributed by atoms with Gasteiger partial charge in [-0.1, -0.05) is 42.5 Å². The molecule has 0 heterocycles. The highest BCUT2D eigenvalue weighted by molar-refractivity contribution is 6.39. The highest BCUT2D eigenvalue weighted by Gasteiger charge is 2.13. The summed E-state index contributed by atoms with van der Waals surface area (Å²) >= 11 is 0. The average Bonchev–Trinajstić information content (AvgIpc) is 2.93. The average molecular weight is 498 g/mol. The van der Waals surface area contributed by atoms with E-state index in [1.165, 1.54) is 6.21 Å². The fourth-order valence-corrected chi connectivity index (χ4v) is 3.66. The van der Waals surface area contributed by atoms with Crippen molar-refractivity contribution in [2.75, 3.05) is 19.0 Å². The molecule has 8 heteroatoms. The summed E-state index contributed by atoms with van der Waals surface area (Å²) in [5.41, 5.74) is 4.41. The summed E-state index contributed by atoms with van der Waals surface area (Å²) in [4.78, 5) is 24.2. The minimum atomic E-state index is -0.896. The second-order valence-electron chi connectivity index (χ2n) is 7.95. The Bertz CT molecular complexity index is 1410. The van der Waals surface area contributed by atoms with Gasteiger partial charge < -0.3 is 19.5 Å². The zero-order valence-electron chi connectivity index (χ0n) is 20.6. The minimum absolute atomic E-state index is 0.380. The van der Waals surface area contributed by atoms with Gasteiger partial charge in [-0.3, -0.25) is 9.59 Å². The molecule has 0 spiro atoms. The Hall–Kier alpha value is -4.85. The van der Waals surface area contributed by atoms with E-state index >= 15 is 0 Å². The van der Waals surface area contributed by atoms with E-state index in [4.69, 9.17) is 14.2 Å². The molecular weight excluding hydrogens is 470 g/mol. The molecule has 0 aromatic heterocycles. The number of rotatable bonds is 9. The van der Waals surface area contributed by atoms with Crippen LogP contribution in [0.15, 0.2) is 90.0 Å². The number of methoxy groups -OCH3 is 1. The van der Waals surface area contributed by atoms with Gasteiger partial charge in [0, 0.05) is 5.69 Å². The van der Waals surface area contributed by atoms with E-state index in [0.29, 0.717) is 41.7 Å². The molecule has 0 unspecified atom stereocenters. The summed E-state index contributed by atoms with van der Waals surface area (Å²) in [7, 11) is 1.55. The summed E-state index contributed by atoms with van der Waals surface area (Å²) in [6.45, 7) is 2.80. The maximum absolute atomic E-state index is 12.1. The van der Waals surface area contributed by atoms with Gasteiger partial charge in [-0.15, -0.1) is 0 Å². The van der Waals surface area contributed by atoms with Crippen LogP contribution >= 0.6 is 0 Å². The van der Waals surface area contributed by atoms with E-state index in [1.807, 2.05) is 31.2 Å². The number of benzene rings is 4. The van der Waals surface area contributed by atoms with Crippen molar-refractivity contribution in [2.45, 2.75) is 13.5 Å². The number of hydrogen-bond acceptors (Lipinski definition) is 6. The summed E-state index contributed by atoms with van der Waals surface area (Å²) in [5.74, 6) is 0.0354. The van der Waals surface area contributed by atoms with Crippen molar-refractivity contribution < 1.29 is 23.8 Å². The lowest BCUT2D eigenvalue weighted by molar-refractivity contribution is -0.136. The molecule has 4 rings (SSSR count). The van der Waals surface area contributed by atoms with Crippen molar-refractivity contribution in [1.29, 1.82) is 0 Å². The third-order valence-corrected chi connectivity index (χ3v) is 5.46. The number of nitrogens with zero attached hydrogens (tertiary/aromatic N) is 1. The van der Waals surface area contributed by atoms with E-state index in [1.54, 1.807) is 49.6 Å². The monoisotopic (exact) mass is 497 g/mol. The van der Waals surface area contributed by atoms with Crippen LogP contribution in [0.4, 0.5) is 5.69 Å². The lowest BCUT2D eigenvalue weighted by Gasteiger charge is -2.12. The molecule has 0 fully saturated rings. The molecule has 4 aromatic carbocycles. The molecule has 0 bridgehead atoms. The maximum Gasteiger partial charge on any atom is 0.329 e. The van der Waals surface area contributed by atoms with Gasteiger partial charge in [-0.2, -0.15) is 5.10 Å². The van der Waals surface area contributed by atoms with Gasteiger partial charge in [0.15, 0.2) is 11.5 Å². The Morgan fingerprint density at radius 1 is 0.865 bits per heavy atom. The summed E-state index contributed by atoms with van der Waals surface area (Å²) < 4.78 is 16.9. The molecule has 0 aliphatic rings. The SMILES string of the molecule is CCOc1ccc(NC(=O)C(=O)NN=Cc2ccc(OCc3cccc4ccccc34)c(OC)c2)cc1. The molecule has 37 heavy (non-hydrogen) atoms. The lowest BCUT2D eigenvalue weighted by Crippen LogP contribution is -2.32. The predicted octanol–water partition coefficient (Wildman–Crippen LogP) is 4.91. The van der Waals surface area contributed by atoms with Crippen LogP contribution in [-0.2, 0) is 16.2 Å². The van der Waals surface area contributed by atoms with E-state index < -0.39 is 11.8 Å². The topological polar surface area (TPSA) is 98.2 Å². The van der Waals surface area contributed by atoms with Crippen molar-refractivity contribution in [2.24, 2.45) is 5.10 Å². The van der Waals surface area contributed by atoms with Crippen LogP contribution in [0.5, 0.6) is 17.2 Å². The smallest absolute Gasteiger partial charge is 0.329 e. The fourth-order valence-electron chi connectivity index (χ4n) is 3.66. The van der Waals surface area contributed by atoms with Crippen LogP contribution < -0.4 is 25.0 Å². The van der Waals surface area contributed by atoms with Crippen LogP contribution in [0.3, 0.4) is 0 Å². The molecule has 0 aliphatic heterocycles. The van der Waals surface area contributed by atoms with Crippen molar-refractivity contribution in [3.8, 4) is 17.2 Å². The van der Waals surface area contributed by atoms with Crippen molar-refractivity contribution in [3.63, 3.8) is 0 Å². The molecule has 8 nitrogen and oxygen atoms in total. The van der Waals surface area contributed by atoms with Gasteiger partial charge in [0.05, 0.1) is 19.9 Å². The number of nitrogens with one attached hydrogen (secondary N) is 2. The minimum Gasteiger partial charge on any atom is -0.494 e. The molecule has 4 aromatic rings. The van der Waals surface area contributed by atoms with Crippen LogP contribution in [0.2, 0.25) is 0 Å². The van der Waals surface area contributed by atoms with Gasteiger partial charge >= 0.3 is 11.8 Å². The molecule has 0 radical (unpaired) electrons. The molecule has 0 saturated heterocycles. The first-order valence-electron chi connectivity index (χ1n) is 11.7. The largest absolute Gasteiger partial charge is 0.494 e. The number of carbonyl (C=O) groups excluding carboxylic acids is 2. The van der Waals surface area contributed by atoms with Gasteiger partial charge in [-0.05, 0) is 71.3 Å². The Morgan fingerprint density at radius 2 is 1.65 bits per heavy atom. The summed E-state index contributed by atoms with van der Waals surface area (Å²) in [6, 6.07) is 26.2. The number of anilines is 1. The first-order valence-corrected chi connectivity index (χ1v) is 11.7. The molecule has 0 saturated carbocycles. The van der Waals surface area contributed by atoms with Crippen LogP contribution in [0.25, 0.3) is 10.8 Å². The van der Waals surface area contributed by atoms with Crippen molar-refractivity contribution in [1.82, 2.24) is 5.43 Å². The molecule has 0 aliphatic carbocycles. The van der Waals surface area contributed by atoms with Crippen LogP contribution in [0.1, 0.15) is 18.1 Å². The van der Waals surface area contributed by atoms with Gasteiger partial charge in [0.1, 0.15) is 12.4 Å². The van der Waals surface area contributed by atoms with E-state index in [9.17, 15) is 9.59 Å². The Labute approximate surface area is 214 Å². The van der Waals surface area contributed by atoms with E-state index in [-0.39, 0.29) is 0 Å². The van der Waals surface area contributed by atoms with Gasteiger partial charge in [0.25, 0.3) is 0 Å². The highest BCUT2D eigenvalue weighted by atomic mass is 16.5. The molecule has 188 valence electrons. The normalized spacial score (nSPS) is 10.8. The zero-order valence-corrected chi connectivity index (χ0v) is 20.6. The quantitative estimate of drug-likeness (QED) is 0.194. The molecule has 2 amide bonds. The zero-order chi connectivity index (χ0) is 26.0. The maximum atomic E-state index is 12.1. The highest BCUT2D eigenvalue weighted by Crippen LogP contribution is 2.29. The second kappa shape index (κ2) is 12.2. The molecule has 2 N–H and O–H groups in total. The van der Waals surface area contributed by atoms with Crippen LogP contribution in [-0.4, -0.2) is 31.7 Å². The number of hydrazone groups is 1. The Kier molecular flexibility index (Phi) is 8.33. The number of ether oxygens (including phenoxy) is 3. The van der Waals surface area contributed by atoms with E-state index in [0.717, 1.165) is 16.3 Å². The third kappa shape index (κ3) is 6.64.